The van der Waals surface area contributed by atoms with E-state index in [0.717, 1.165) is 24.3 Å². The molecule has 0 atom stereocenters. The number of anilines is 1. The van der Waals surface area contributed by atoms with Gasteiger partial charge in [-0.15, -0.1) is 0 Å². The van der Waals surface area contributed by atoms with Crippen LogP contribution in [-0.4, -0.2) is 55.2 Å². The molecule has 0 N–H and O–H groups in total. The molecule has 0 saturated carbocycles. The van der Waals surface area contributed by atoms with Gasteiger partial charge in [0.05, 0.1) is 13.2 Å². The Hall–Kier alpha value is -3.02. The molecule has 0 spiro atoms. The van der Waals surface area contributed by atoms with Crippen LogP contribution in [-0.2, 0) is 4.79 Å². The molecule has 3 rings (SSSR count). The van der Waals surface area contributed by atoms with Crippen molar-refractivity contribution >= 4 is 17.7 Å². The molecule has 1 aromatic heterocycles. The van der Waals surface area contributed by atoms with Crippen molar-refractivity contribution in [1.82, 2.24) is 9.88 Å². The monoisotopic (exact) mass is 381 g/mol. The minimum absolute atomic E-state index is 0.0239. The molecular weight excluding hydrogens is 354 g/mol. The summed E-state index contributed by atoms with van der Waals surface area (Å²) in [6.45, 7) is 6.99. The number of amides is 1. The molecule has 0 aliphatic carbocycles. The van der Waals surface area contributed by atoms with E-state index in [0.29, 0.717) is 24.6 Å². The molecule has 1 aliphatic heterocycles. The summed E-state index contributed by atoms with van der Waals surface area (Å²) in [7, 11) is 1.61. The standard InChI is InChI=1S/C22H27N3O3/c1-17(2)28-20-6-4-18(16-21(20)27-3)5-7-22(26)25-14-12-24(13-15-25)19-8-10-23-11-9-19/h4-11,16-17H,12-15H2,1-3H3/b7-5+. The molecule has 2 heterocycles. The first-order chi connectivity index (χ1) is 13.6. The number of carbonyl (C=O) groups is 1. The summed E-state index contributed by atoms with van der Waals surface area (Å²) in [5, 5.41) is 0. The van der Waals surface area contributed by atoms with Gasteiger partial charge in [0, 0.05) is 50.3 Å². The zero-order valence-corrected chi connectivity index (χ0v) is 16.7. The van der Waals surface area contributed by atoms with Crippen LogP contribution in [0.2, 0.25) is 0 Å². The molecule has 0 bridgehead atoms. The van der Waals surface area contributed by atoms with Gasteiger partial charge in [-0.05, 0) is 49.8 Å². The zero-order chi connectivity index (χ0) is 19.9. The quantitative estimate of drug-likeness (QED) is 0.719. The van der Waals surface area contributed by atoms with Crippen molar-refractivity contribution in [3.8, 4) is 11.5 Å². The Morgan fingerprint density at radius 3 is 2.43 bits per heavy atom. The summed E-state index contributed by atoms with van der Waals surface area (Å²) < 4.78 is 11.1. The average molecular weight is 381 g/mol. The molecule has 1 aliphatic rings. The summed E-state index contributed by atoms with van der Waals surface area (Å²) in [5.74, 6) is 1.39. The molecular formula is C22H27N3O3. The maximum absolute atomic E-state index is 12.5. The normalized spacial score (nSPS) is 14.6. The molecule has 1 amide bonds. The number of nitrogens with zero attached hydrogens (tertiary/aromatic N) is 3. The number of methoxy groups -OCH3 is 1. The van der Waals surface area contributed by atoms with Crippen molar-refractivity contribution in [3.05, 3.63) is 54.4 Å². The Morgan fingerprint density at radius 1 is 1.07 bits per heavy atom. The Morgan fingerprint density at radius 2 is 1.79 bits per heavy atom. The fourth-order valence-electron chi connectivity index (χ4n) is 3.15. The van der Waals surface area contributed by atoms with Crippen LogP contribution < -0.4 is 14.4 Å². The van der Waals surface area contributed by atoms with Gasteiger partial charge in [-0.25, -0.2) is 0 Å². The number of hydrogen-bond donors (Lipinski definition) is 0. The van der Waals surface area contributed by atoms with Gasteiger partial charge < -0.3 is 19.3 Å². The fourth-order valence-corrected chi connectivity index (χ4v) is 3.15. The zero-order valence-electron chi connectivity index (χ0n) is 16.7. The van der Waals surface area contributed by atoms with Crippen molar-refractivity contribution in [3.63, 3.8) is 0 Å². The number of benzene rings is 1. The van der Waals surface area contributed by atoms with E-state index in [2.05, 4.69) is 9.88 Å². The maximum Gasteiger partial charge on any atom is 0.246 e. The van der Waals surface area contributed by atoms with Crippen LogP contribution in [0.4, 0.5) is 5.69 Å². The number of aromatic nitrogens is 1. The lowest BCUT2D eigenvalue weighted by atomic mass is 10.1. The van der Waals surface area contributed by atoms with Gasteiger partial charge in [-0.3, -0.25) is 9.78 Å². The lowest BCUT2D eigenvalue weighted by Gasteiger charge is -2.35. The topological polar surface area (TPSA) is 54.9 Å². The lowest BCUT2D eigenvalue weighted by Crippen LogP contribution is -2.48. The number of piperazine rings is 1. The van der Waals surface area contributed by atoms with Crippen molar-refractivity contribution in [2.75, 3.05) is 38.2 Å². The van der Waals surface area contributed by atoms with Crippen molar-refractivity contribution < 1.29 is 14.3 Å². The molecule has 6 nitrogen and oxygen atoms in total. The molecule has 148 valence electrons. The molecule has 1 aromatic carbocycles. The summed E-state index contributed by atoms with van der Waals surface area (Å²) in [5.41, 5.74) is 2.05. The van der Waals surface area contributed by atoms with Crippen LogP contribution >= 0.6 is 0 Å². The van der Waals surface area contributed by atoms with Gasteiger partial charge in [0.2, 0.25) is 5.91 Å². The highest BCUT2D eigenvalue weighted by Crippen LogP contribution is 2.29. The minimum atomic E-state index is 0.0239. The molecule has 1 fully saturated rings. The smallest absolute Gasteiger partial charge is 0.246 e. The van der Waals surface area contributed by atoms with E-state index in [1.165, 1.54) is 0 Å². The summed E-state index contributed by atoms with van der Waals surface area (Å²) in [6, 6.07) is 9.67. The summed E-state index contributed by atoms with van der Waals surface area (Å²) in [4.78, 5) is 20.7. The predicted molar refractivity (Wildman–Crippen MR) is 111 cm³/mol. The fraction of sp³-hybridized carbons (Fsp3) is 0.364. The van der Waals surface area contributed by atoms with E-state index < -0.39 is 0 Å². The van der Waals surface area contributed by atoms with E-state index >= 15 is 0 Å². The Kier molecular flexibility index (Phi) is 6.53. The molecule has 0 radical (unpaired) electrons. The van der Waals surface area contributed by atoms with Gasteiger partial charge in [-0.2, -0.15) is 0 Å². The molecule has 6 heteroatoms. The van der Waals surface area contributed by atoms with Crippen LogP contribution in [0.5, 0.6) is 11.5 Å². The Labute approximate surface area is 166 Å². The molecule has 2 aromatic rings. The SMILES string of the molecule is COc1cc(/C=C/C(=O)N2CCN(c3ccncc3)CC2)ccc1OC(C)C. The average Bonchev–Trinajstić information content (AvgIpc) is 2.73. The van der Waals surface area contributed by atoms with Gasteiger partial charge in [0.25, 0.3) is 0 Å². The van der Waals surface area contributed by atoms with Gasteiger partial charge in [0.15, 0.2) is 11.5 Å². The van der Waals surface area contributed by atoms with E-state index in [4.69, 9.17) is 9.47 Å². The number of hydrogen-bond acceptors (Lipinski definition) is 5. The third kappa shape index (κ3) is 5.03. The van der Waals surface area contributed by atoms with E-state index in [-0.39, 0.29) is 12.0 Å². The number of rotatable bonds is 6. The van der Waals surface area contributed by atoms with Crippen molar-refractivity contribution in [2.24, 2.45) is 0 Å². The highest BCUT2D eigenvalue weighted by atomic mass is 16.5. The second-order valence-electron chi connectivity index (χ2n) is 6.93. The largest absolute Gasteiger partial charge is 0.493 e. The number of ether oxygens (including phenoxy) is 2. The minimum Gasteiger partial charge on any atom is -0.493 e. The molecule has 28 heavy (non-hydrogen) atoms. The second kappa shape index (κ2) is 9.26. The Bertz CT molecular complexity index is 813. The van der Waals surface area contributed by atoms with E-state index in [1.54, 1.807) is 25.6 Å². The van der Waals surface area contributed by atoms with Crippen LogP contribution in [0.1, 0.15) is 19.4 Å². The van der Waals surface area contributed by atoms with E-state index in [9.17, 15) is 4.79 Å². The highest BCUT2D eigenvalue weighted by Gasteiger charge is 2.19. The Balaban J connectivity index is 1.58. The van der Waals surface area contributed by atoms with E-state index in [1.807, 2.05) is 55.2 Å². The van der Waals surface area contributed by atoms with Crippen LogP contribution in [0.15, 0.2) is 48.8 Å². The second-order valence-corrected chi connectivity index (χ2v) is 6.93. The van der Waals surface area contributed by atoms with Crippen LogP contribution in [0, 0.1) is 0 Å². The summed E-state index contributed by atoms with van der Waals surface area (Å²) in [6.07, 6.45) is 7.10. The van der Waals surface area contributed by atoms with Crippen LogP contribution in [0.3, 0.4) is 0 Å². The molecule has 1 saturated heterocycles. The third-order valence-corrected chi connectivity index (χ3v) is 4.59. The number of carbonyl (C=O) groups excluding carboxylic acids is 1. The summed E-state index contributed by atoms with van der Waals surface area (Å²) >= 11 is 0. The van der Waals surface area contributed by atoms with Crippen LogP contribution in [0.25, 0.3) is 6.08 Å². The number of pyridine rings is 1. The maximum atomic E-state index is 12.5. The molecule has 0 unspecified atom stereocenters. The first-order valence-electron chi connectivity index (χ1n) is 9.53. The highest BCUT2D eigenvalue weighted by molar-refractivity contribution is 5.92. The first kappa shape index (κ1) is 19.7. The first-order valence-corrected chi connectivity index (χ1v) is 9.53. The van der Waals surface area contributed by atoms with Gasteiger partial charge in [-0.1, -0.05) is 6.07 Å². The van der Waals surface area contributed by atoms with Gasteiger partial charge in [0.1, 0.15) is 0 Å². The predicted octanol–water partition coefficient (Wildman–Crippen LogP) is 3.24. The van der Waals surface area contributed by atoms with Crippen molar-refractivity contribution in [1.29, 1.82) is 0 Å². The third-order valence-electron chi connectivity index (χ3n) is 4.59. The van der Waals surface area contributed by atoms with Crippen molar-refractivity contribution in [2.45, 2.75) is 20.0 Å². The van der Waals surface area contributed by atoms with Gasteiger partial charge >= 0.3 is 0 Å². The lowest BCUT2D eigenvalue weighted by molar-refractivity contribution is -0.126.